The van der Waals surface area contributed by atoms with Gasteiger partial charge in [-0.25, -0.2) is 0 Å². The van der Waals surface area contributed by atoms with Crippen molar-refractivity contribution in [2.75, 3.05) is 14.2 Å². The second-order valence-electron chi connectivity index (χ2n) is 4.10. The first-order valence-electron chi connectivity index (χ1n) is 5.90. The highest BCUT2D eigenvalue weighted by molar-refractivity contribution is 5.93. The summed E-state index contributed by atoms with van der Waals surface area (Å²) < 4.78 is 16.0. The van der Waals surface area contributed by atoms with Crippen LogP contribution in [0.5, 0.6) is 11.5 Å². The fourth-order valence-corrected chi connectivity index (χ4v) is 2.07. The number of aromatic nitrogens is 1. The van der Waals surface area contributed by atoms with Gasteiger partial charge in [0.25, 0.3) is 0 Å². The molecule has 4 heteroatoms. The van der Waals surface area contributed by atoms with Crippen molar-refractivity contribution >= 4 is 10.9 Å². The smallest absolute Gasteiger partial charge is 0.174 e. The van der Waals surface area contributed by atoms with Gasteiger partial charge in [-0.15, -0.1) is 0 Å². The third-order valence-corrected chi connectivity index (χ3v) is 3.02. The van der Waals surface area contributed by atoms with Crippen LogP contribution in [0.2, 0.25) is 0 Å². The second kappa shape index (κ2) is 4.65. The third-order valence-electron chi connectivity index (χ3n) is 3.02. The zero-order valence-corrected chi connectivity index (χ0v) is 10.7. The highest BCUT2D eigenvalue weighted by Crippen LogP contribution is 2.36. The standard InChI is InChI=1S/C15H13NO3/c1-17-13-8-11-12(9-14(13)18-2)16-19-15(11)10-6-4-3-5-7-10/h3-9H,1-2H3. The Kier molecular flexibility index (Phi) is 2.83. The Morgan fingerprint density at radius 2 is 1.63 bits per heavy atom. The van der Waals surface area contributed by atoms with Crippen LogP contribution in [0, 0.1) is 0 Å². The quantitative estimate of drug-likeness (QED) is 0.718. The lowest BCUT2D eigenvalue weighted by molar-refractivity contribution is 0.355. The van der Waals surface area contributed by atoms with Crippen molar-refractivity contribution in [3.05, 3.63) is 42.5 Å². The topological polar surface area (TPSA) is 44.5 Å². The van der Waals surface area contributed by atoms with Crippen LogP contribution in [-0.4, -0.2) is 19.4 Å². The van der Waals surface area contributed by atoms with E-state index >= 15 is 0 Å². The number of hydrogen-bond acceptors (Lipinski definition) is 4. The Bertz CT molecular complexity index is 704. The van der Waals surface area contributed by atoms with Crippen LogP contribution in [-0.2, 0) is 0 Å². The lowest BCUT2D eigenvalue weighted by atomic mass is 10.1. The average Bonchev–Trinajstić information content (AvgIpc) is 2.89. The number of benzene rings is 2. The molecule has 0 aliphatic heterocycles. The lowest BCUT2D eigenvalue weighted by Crippen LogP contribution is -1.90. The molecule has 0 fully saturated rings. The van der Waals surface area contributed by atoms with Crippen molar-refractivity contribution in [3.63, 3.8) is 0 Å². The van der Waals surface area contributed by atoms with Crippen molar-refractivity contribution in [2.45, 2.75) is 0 Å². The number of nitrogens with zero attached hydrogens (tertiary/aromatic N) is 1. The van der Waals surface area contributed by atoms with Crippen molar-refractivity contribution in [1.82, 2.24) is 5.16 Å². The molecule has 0 aliphatic carbocycles. The van der Waals surface area contributed by atoms with Gasteiger partial charge in [0.1, 0.15) is 5.52 Å². The van der Waals surface area contributed by atoms with Gasteiger partial charge in [-0.1, -0.05) is 35.5 Å². The minimum atomic E-state index is 0.642. The molecule has 1 heterocycles. The molecule has 4 nitrogen and oxygen atoms in total. The van der Waals surface area contributed by atoms with E-state index < -0.39 is 0 Å². The molecule has 0 bridgehead atoms. The maximum Gasteiger partial charge on any atom is 0.174 e. The Labute approximate surface area is 110 Å². The molecule has 0 N–H and O–H groups in total. The molecule has 0 saturated carbocycles. The fourth-order valence-electron chi connectivity index (χ4n) is 2.07. The second-order valence-corrected chi connectivity index (χ2v) is 4.10. The molecule has 3 rings (SSSR count). The van der Waals surface area contributed by atoms with Gasteiger partial charge in [-0.05, 0) is 6.07 Å². The van der Waals surface area contributed by atoms with E-state index in [1.807, 2.05) is 42.5 Å². The zero-order chi connectivity index (χ0) is 13.2. The largest absolute Gasteiger partial charge is 0.493 e. The fraction of sp³-hybridized carbons (Fsp3) is 0.133. The summed E-state index contributed by atoms with van der Waals surface area (Å²) in [6.07, 6.45) is 0. The number of fused-ring (bicyclic) bond motifs is 1. The summed E-state index contributed by atoms with van der Waals surface area (Å²) in [5.74, 6) is 2.04. The van der Waals surface area contributed by atoms with E-state index in [4.69, 9.17) is 14.0 Å². The van der Waals surface area contributed by atoms with Gasteiger partial charge >= 0.3 is 0 Å². The SMILES string of the molecule is COc1cc2noc(-c3ccccc3)c2cc1OC. The van der Waals surface area contributed by atoms with Gasteiger partial charge in [0.2, 0.25) is 0 Å². The van der Waals surface area contributed by atoms with Crippen LogP contribution in [0.25, 0.3) is 22.2 Å². The molecule has 0 spiro atoms. The monoisotopic (exact) mass is 255 g/mol. The molecule has 0 unspecified atom stereocenters. The van der Waals surface area contributed by atoms with Crippen LogP contribution in [0.4, 0.5) is 0 Å². The van der Waals surface area contributed by atoms with Gasteiger partial charge in [-0.2, -0.15) is 0 Å². The molecule has 96 valence electrons. The molecular weight excluding hydrogens is 242 g/mol. The van der Waals surface area contributed by atoms with E-state index in [1.54, 1.807) is 14.2 Å². The van der Waals surface area contributed by atoms with E-state index in [0.29, 0.717) is 11.5 Å². The highest BCUT2D eigenvalue weighted by Gasteiger charge is 2.14. The number of rotatable bonds is 3. The molecule has 0 aliphatic rings. The van der Waals surface area contributed by atoms with E-state index in [9.17, 15) is 0 Å². The van der Waals surface area contributed by atoms with Gasteiger partial charge < -0.3 is 14.0 Å². The molecule has 3 aromatic rings. The van der Waals surface area contributed by atoms with E-state index in [1.165, 1.54) is 0 Å². The molecule has 2 aromatic carbocycles. The highest BCUT2D eigenvalue weighted by atomic mass is 16.5. The van der Waals surface area contributed by atoms with Crippen LogP contribution >= 0.6 is 0 Å². The van der Waals surface area contributed by atoms with E-state index in [-0.39, 0.29) is 0 Å². The predicted molar refractivity (Wildman–Crippen MR) is 72.5 cm³/mol. The Morgan fingerprint density at radius 3 is 2.32 bits per heavy atom. The summed E-state index contributed by atoms with van der Waals surface area (Å²) in [6, 6.07) is 13.5. The normalized spacial score (nSPS) is 10.6. The predicted octanol–water partition coefficient (Wildman–Crippen LogP) is 3.51. The molecule has 0 saturated heterocycles. The zero-order valence-electron chi connectivity index (χ0n) is 10.7. The first-order chi connectivity index (χ1) is 9.33. The number of methoxy groups -OCH3 is 2. The molecule has 0 radical (unpaired) electrons. The minimum Gasteiger partial charge on any atom is -0.493 e. The summed E-state index contributed by atoms with van der Waals surface area (Å²) in [6.45, 7) is 0. The van der Waals surface area contributed by atoms with E-state index in [0.717, 1.165) is 22.2 Å². The summed E-state index contributed by atoms with van der Waals surface area (Å²) in [5.41, 5.74) is 1.73. The molecule has 19 heavy (non-hydrogen) atoms. The number of hydrogen-bond donors (Lipinski definition) is 0. The molecule has 1 aromatic heterocycles. The van der Waals surface area contributed by atoms with Crippen molar-refractivity contribution in [1.29, 1.82) is 0 Å². The Hall–Kier alpha value is -2.49. The molecule has 0 amide bonds. The van der Waals surface area contributed by atoms with Crippen LogP contribution in [0.3, 0.4) is 0 Å². The van der Waals surface area contributed by atoms with Crippen molar-refractivity contribution < 1.29 is 14.0 Å². The average molecular weight is 255 g/mol. The number of ether oxygens (including phenoxy) is 2. The van der Waals surface area contributed by atoms with Gasteiger partial charge in [0.05, 0.1) is 19.6 Å². The van der Waals surface area contributed by atoms with E-state index in [2.05, 4.69) is 5.16 Å². The summed E-state index contributed by atoms with van der Waals surface area (Å²) in [5, 5.41) is 4.97. The van der Waals surface area contributed by atoms with Crippen molar-refractivity contribution in [2.24, 2.45) is 0 Å². The lowest BCUT2D eigenvalue weighted by Gasteiger charge is -2.06. The Morgan fingerprint density at radius 1 is 0.947 bits per heavy atom. The van der Waals surface area contributed by atoms with Gasteiger partial charge in [0, 0.05) is 11.6 Å². The molecular formula is C15H13NO3. The van der Waals surface area contributed by atoms with Crippen LogP contribution in [0.15, 0.2) is 47.0 Å². The van der Waals surface area contributed by atoms with Crippen molar-refractivity contribution in [3.8, 4) is 22.8 Å². The summed E-state index contributed by atoms with van der Waals surface area (Å²) >= 11 is 0. The maximum atomic E-state index is 5.44. The first kappa shape index (κ1) is 11.6. The Balaban J connectivity index is 2.23. The first-order valence-corrected chi connectivity index (χ1v) is 5.90. The molecule has 0 atom stereocenters. The van der Waals surface area contributed by atoms with Crippen LogP contribution < -0.4 is 9.47 Å². The summed E-state index contributed by atoms with van der Waals surface area (Å²) in [4.78, 5) is 0. The third kappa shape index (κ3) is 1.91. The minimum absolute atomic E-state index is 0.642. The summed E-state index contributed by atoms with van der Waals surface area (Å²) in [7, 11) is 3.21. The van der Waals surface area contributed by atoms with Gasteiger partial charge in [-0.3, -0.25) is 0 Å². The van der Waals surface area contributed by atoms with Gasteiger partial charge in [0.15, 0.2) is 17.3 Å². The maximum absolute atomic E-state index is 5.44. The van der Waals surface area contributed by atoms with Crippen LogP contribution in [0.1, 0.15) is 0 Å².